The van der Waals surface area contributed by atoms with E-state index in [0.717, 1.165) is 24.8 Å². The molecule has 3 aromatic rings. The van der Waals surface area contributed by atoms with E-state index in [2.05, 4.69) is 15.8 Å². The zero-order valence-electron chi connectivity index (χ0n) is 28.8. The van der Waals surface area contributed by atoms with Crippen LogP contribution in [0, 0.1) is 19.8 Å². The van der Waals surface area contributed by atoms with Crippen LogP contribution < -0.4 is 15.4 Å². The Morgan fingerprint density at radius 3 is 2.54 bits per heavy atom. The molecular formula is C36H49N5O7. The number of aliphatic hydroxyl groups is 1. The number of hydrogen-bond acceptors (Lipinski definition) is 8. The van der Waals surface area contributed by atoms with Crippen LogP contribution in [0.15, 0.2) is 53.1 Å². The van der Waals surface area contributed by atoms with Crippen molar-refractivity contribution in [3.8, 4) is 5.75 Å². The number of carbonyl (C=O) groups is 3. The van der Waals surface area contributed by atoms with Crippen molar-refractivity contribution in [1.29, 1.82) is 0 Å². The molecule has 2 heterocycles. The molecule has 0 fully saturated rings. The highest BCUT2D eigenvalue weighted by Gasteiger charge is 2.31. The van der Waals surface area contributed by atoms with Crippen molar-refractivity contribution in [2.45, 2.75) is 78.6 Å². The van der Waals surface area contributed by atoms with E-state index in [1.54, 1.807) is 55.8 Å². The average Bonchev–Trinajstić information content (AvgIpc) is 3.38. The average molecular weight is 664 g/mol. The SMILES string of the molecule is Cc1noc(C)c1NC(=O)N(C)C[C@@H]1OCCCC[C@@H](C)Oc2ccc(NC(=O)Cc3ccccc3)cc2C(=O)N([C@H](C)CO)C[C@H]1C. The molecule has 0 spiro atoms. The molecule has 1 aromatic heterocycles. The molecule has 0 bridgehead atoms. The lowest BCUT2D eigenvalue weighted by Crippen LogP contribution is -2.48. The zero-order valence-corrected chi connectivity index (χ0v) is 28.8. The van der Waals surface area contributed by atoms with E-state index in [1.807, 2.05) is 44.2 Å². The molecule has 48 heavy (non-hydrogen) atoms. The quantitative estimate of drug-likeness (QED) is 0.289. The summed E-state index contributed by atoms with van der Waals surface area (Å²) in [5.41, 5.74) is 2.75. The Kier molecular flexibility index (Phi) is 13.0. The highest BCUT2D eigenvalue weighted by molar-refractivity contribution is 6.00. The summed E-state index contributed by atoms with van der Waals surface area (Å²) in [6.45, 7) is 9.93. The Balaban J connectivity index is 1.58. The minimum absolute atomic E-state index is 0.185. The van der Waals surface area contributed by atoms with Gasteiger partial charge in [0.15, 0.2) is 5.76 Å². The Labute approximate surface area is 282 Å². The Morgan fingerprint density at radius 1 is 1.10 bits per heavy atom. The molecular weight excluding hydrogens is 614 g/mol. The molecule has 0 radical (unpaired) electrons. The van der Waals surface area contributed by atoms with Gasteiger partial charge in [-0.15, -0.1) is 0 Å². The maximum absolute atomic E-state index is 14.4. The van der Waals surface area contributed by atoms with Crippen LogP contribution in [0.5, 0.6) is 5.75 Å². The van der Waals surface area contributed by atoms with Crippen LogP contribution >= 0.6 is 0 Å². The topological polar surface area (TPSA) is 146 Å². The van der Waals surface area contributed by atoms with Crippen molar-refractivity contribution in [3.63, 3.8) is 0 Å². The van der Waals surface area contributed by atoms with E-state index < -0.39 is 12.1 Å². The van der Waals surface area contributed by atoms with Gasteiger partial charge < -0.3 is 39.5 Å². The summed E-state index contributed by atoms with van der Waals surface area (Å²) in [6, 6.07) is 13.7. The van der Waals surface area contributed by atoms with E-state index in [9.17, 15) is 19.5 Å². The Morgan fingerprint density at radius 2 is 1.85 bits per heavy atom. The molecule has 0 saturated carbocycles. The molecule has 12 heteroatoms. The Hall–Kier alpha value is -4.42. The highest BCUT2D eigenvalue weighted by Crippen LogP contribution is 2.29. The summed E-state index contributed by atoms with van der Waals surface area (Å²) in [6.07, 6.45) is 1.97. The van der Waals surface area contributed by atoms with Crippen LogP contribution in [0.4, 0.5) is 16.2 Å². The van der Waals surface area contributed by atoms with Crippen molar-refractivity contribution in [1.82, 2.24) is 15.0 Å². The van der Waals surface area contributed by atoms with Crippen molar-refractivity contribution < 1.29 is 33.5 Å². The predicted octanol–water partition coefficient (Wildman–Crippen LogP) is 5.43. The summed E-state index contributed by atoms with van der Waals surface area (Å²) < 4.78 is 17.8. The standard InChI is InChI=1S/C36H49N5O7/c1-23-20-41(24(2)22-42)35(44)30-19-29(37-33(43)18-28-13-8-7-9-14-28)15-16-31(30)47-25(3)12-10-11-17-46-32(23)21-40(6)36(45)38-34-26(4)39-48-27(34)5/h7-9,13-16,19,23-25,32,42H,10-12,17-18,20-22H2,1-6H3,(H,37,43)(H,38,45)/t23-,24-,25-,32+/m1/s1. The number of nitrogens with zero attached hydrogens (tertiary/aromatic N) is 3. The van der Waals surface area contributed by atoms with Crippen molar-refractivity contribution in [2.24, 2.45) is 5.92 Å². The first-order chi connectivity index (χ1) is 23.0. The largest absolute Gasteiger partial charge is 0.490 e. The molecule has 0 saturated heterocycles. The third-order valence-corrected chi connectivity index (χ3v) is 8.61. The number of ether oxygens (including phenoxy) is 2. The molecule has 0 aliphatic carbocycles. The van der Waals surface area contributed by atoms with Gasteiger partial charge in [0.05, 0.1) is 36.8 Å². The number of nitrogens with one attached hydrogen (secondary N) is 2. The Bertz CT molecular complexity index is 1510. The third-order valence-electron chi connectivity index (χ3n) is 8.61. The van der Waals surface area contributed by atoms with Gasteiger partial charge in [0, 0.05) is 38.3 Å². The van der Waals surface area contributed by atoms with E-state index in [-0.39, 0.29) is 61.5 Å². The number of aromatic nitrogens is 1. The van der Waals surface area contributed by atoms with E-state index in [0.29, 0.717) is 35.2 Å². The normalized spacial score (nSPS) is 19.8. The highest BCUT2D eigenvalue weighted by atomic mass is 16.5. The maximum Gasteiger partial charge on any atom is 0.321 e. The lowest BCUT2D eigenvalue weighted by molar-refractivity contribution is -0.115. The number of hydrogen-bond donors (Lipinski definition) is 3. The fourth-order valence-electron chi connectivity index (χ4n) is 5.67. The number of anilines is 2. The van der Waals surface area contributed by atoms with Gasteiger partial charge >= 0.3 is 6.03 Å². The van der Waals surface area contributed by atoms with E-state index in [1.165, 1.54) is 0 Å². The first kappa shape index (κ1) is 36.4. The predicted molar refractivity (Wildman–Crippen MR) is 183 cm³/mol. The van der Waals surface area contributed by atoms with Gasteiger partial charge in [-0.25, -0.2) is 4.79 Å². The number of rotatable bonds is 8. The van der Waals surface area contributed by atoms with Gasteiger partial charge in [0.1, 0.15) is 17.1 Å². The summed E-state index contributed by atoms with van der Waals surface area (Å²) in [7, 11) is 1.69. The zero-order chi connectivity index (χ0) is 34.8. The van der Waals surface area contributed by atoms with Crippen LogP contribution in [0.25, 0.3) is 0 Å². The van der Waals surface area contributed by atoms with Crippen molar-refractivity contribution in [3.05, 3.63) is 71.1 Å². The van der Waals surface area contributed by atoms with E-state index >= 15 is 0 Å². The molecule has 4 amide bonds. The molecule has 1 aliphatic rings. The van der Waals surface area contributed by atoms with Gasteiger partial charge in [0.25, 0.3) is 5.91 Å². The third kappa shape index (κ3) is 9.80. The molecule has 0 unspecified atom stereocenters. The number of likely N-dealkylation sites (N-methyl/N-ethyl adjacent to an activating group) is 1. The number of benzene rings is 2. The second kappa shape index (κ2) is 17.1. The summed E-state index contributed by atoms with van der Waals surface area (Å²) in [5, 5.41) is 19.9. The van der Waals surface area contributed by atoms with Crippen molar-refractivity contribution in [2.75, 3.05) is 44.0 Å². The first-order valence-corrected chi connectivity index (χ1v) is 16.6. The monoisotopic (exact) mass is 663 g/mol. The molecule has 2 aromatic carbocycles. The fraction of sp³-hybridized carbons (Fsp3) is 0.500. The number of aliphatic hydroxyl groups excluding tert-OH is 1. The number of urea groups is 1. The molecule has 4 rings (SSSR count). The second-order valence-electron chi connectivity index (χ2n) is 12.7. The number of fused-ring (bicyclic) bond motifs is 1. The maximum atomic E-state index is 14.4. The van der Waals surface area contributed by atoms with Crippen LogP contribution in [0.1, 0.15) is 67.4 Å². The van der Waals surface area contributed by atoms with Crippen LogP contribution in [-0.4, -0.2) is 89.5 Å². The lowest BCUT2D eigenvalue weighted by Gasteiger charge is -2.35. The number of carbonyl (C=O) groups excluding carboxylic acids is 3. The summed E-state index contributed by atoms with van der Waals surface area (Å²) in [4.78, 5) is 43.6. The first-order valence-electron chi connectivity index (χ1n) is 16.6. The summed E-state index contributed by atoms with van der Waals surface area (Å²) in [5.74, 6) is 0.154. The molecule has 1 aliphatic heterocycles. The number of amides is 4. The lowest BCUT2D eigenvalue weighted by atomic mass is 10.0. The summed E-state index contributed by atoms with van der Waals surface area (Å²) >= 11 is 0. The minimum atomic E-state index is -0.532. The molecule has 12 nitrogen and oxygen atoms in total. The van der Waals surface area contributed by atoms with Gasteiger partial charge in [-0.1, -0.05) is 42.4 Å². The fourth-order valence-corrected chi connectivity index (χ4v) is 5.67. The van der Waals surface area contributed by atoms with Crippen LogP contribution in [0.2, 0.25) is 0 Å². The smallest absolute Gasteiger partial charge is 0.321 e. The van der Waals surface area contributed by atoms with Gasteiger partial charge in [-0.2, -0.15) is 0 Å². The van der Waals surface area contributed by atoms with Crippen LogP contribution in [0.3, 0.4) is 0 Å². The van der Waals surface area contributed by atoms with Gasteiger partial charge in [-0.3, -0.25) is 9.59 Å². The van der Waals surface area contributed by atoms with Gasteiger partial charge in [0.2, 0.25) is 5.91 Å². The molecule has 3 N–H and O–H groups in total. The molecule has 4 atom stereocenters. The van der Waals surface area contributed by atoms with Gasteiger partial charge in [-0.05, 0) is 70.7 Å². The second-order valence-corrected chi connectivity index (χ2v) is 12.7. The molecule has 260 valence electrons. The van der Waals surface area contributed by atoms with Crippen molar-refractivity contribution >= 4 is 29.2 Å². The minimum Gasteiger partial charge on any atom is -0.490 e. The van der Waals surface area contributed by atoms with E-state index in [4.69, 9.17) is 14.0 Å². The van der Waals surface area contributed by atoms with Crippen LogP contribution in [-0.2, 0) is 16.0 Å². The number of aryl methyl sites for hydroxylation is 2.